The van der Waals surface area contributed by atoms with Crippen molar-refractivity contribution in [1.82, 2.24) is 0 Å². The number of fused-ring (bicyclic) bond motifs is 5. The summed E-state index contributed by atoms with van der Waals surface area (Å²) in [6.45, 7) is 4.76. The topological polar surface area (TPSA) is 37.3 Å². The van der Waals surface area contributed by atoms with E-state index in [4.69, 9.17) is 0 Å². The molecule has 0 radical (unpaired) electrons. The number of carbonyl (C=O) groups is 1. The Balaban J connectivity index is 1.69. The zero-order valence-corrected chi connectivity index (χ0v) is 13.4. The molecule has 4 aliphatic carbocycles. The van der Waals surface area contributed by atoms with Crippen molar-refractivity contribution >= 4 is 5.78 Å². The van der Waals surface area contributed by atoms with E-state index < -0.39 is 0 Å². The van der Waals surface area contributed by atoms with Crippen LogP contribution in [0, 0.1) is 28.6 Å². The van der Waals surface area contributed by atoms with Crippen LogP contribution in [-0.4, -0.2) is 17.0 Å². The first kappa shape index (κ1) is 14.0. The molecule has 0 amide bonds. The Morgan fingerprint density at radius 1 is 1.05 bits per heavy atom. The lowest BCUT2D eigenvalue weighted by atomic mass is 9.47. The third-order valence-corrected chi connectivity index (χ3v) is 7.91. The van der Waals surface area contributed by atoms with Crippen LogP contribution in [0.15, 0.2) is 11.6 Å². The molecule has 4 aliphatic rings. The first-order valence-electron chi connectivity index (χ1n) is 8.87. The molecule has 2 nitrogen and oxygen atoms in total. The molecule has 1 N–H and O–H groups in total. The smallest absolute Gasteiger partial charge is 0.155 e. The van der Waals surface area contributed by atoms with Crippen molar-refractivity contribution in [3.8, 4) is 0 Å². The third kappa shape index (κ3) is 1.78. The Labute approximate surface area is 128 Å². The average molecular weight is 288 g/mol. The van der Waals surface area contributed by atoms with Gasteiger partial charge in [0.25, 0.3) is 0 Å². The van der Waals surface area contributed by atoms with Crippen molar-refractivity contribution in [3.63, 3.8) is 0 Å². The third-order valence-electron chi connectivity index (χ3n) is 7.91. The van der Waals surface area contributed by atoms with E-state index in [2.05, 4.69) is 13.8 Å². The van der Waals surface area contributed by atoms with Gasteiger partial charge in [-0.1, -0.05) is 19.4 Å². The summed E-state index contributed by atoms with van der Waals surface area (Å²) < 4.78 is 0. The molecule has 0 aromatic rings. The fourth-order valence-corrected chi connectivity index (χ4v) is 6.53. The lowest BCUT2D eigenvalue weighted by molar-refractivity contribution is -0.118. The molecule has 4 unspecified atom stereocenters. The Bertz CT molecular complexity index is 508. The second-order valence-electron chi connectivity index (χ2n) is 8.61. The fourth-order valence-electron chi connectivity index (χ4n) is 6.53. The molecule has 21 heavy (non-hydrogen) atoms. The van der Waals surface area contributed by atoms with Gasteiger partial charge in [0.2, 0.25) is 0 Å². The van der Waals surface area contributed by atoms with Crippen molar-refractivity contribution in [1.29, 1.82) is 0 Å². The van der Waals surface area contributed by atoms with Gasteiger partial charge < -0.3 is 5.11 Å². The largest absolute Gasteiger partial charge is 0.393 e. The van der Waals surface area contributed by atoms with E-state index in [0.717, 1.165) is 37.5 Å². The summed E-state index contributed by atoms with van der Waals surface area (Å²) in [5, 5.41) is 10.4. The summed E-state index contributed by atoms with van der Waals surface area (Å²) >= 11 is 0. The number of aliphatic hydroxyl groups excluding tert-OH is 1. The second-order valence-corrected chi connectivity index (χ2v) is 8.61. The summed E-state index contributed by atoms with van der Waals surface area (Å²) in [7, 11) is 0. The number of rotatable bonds is 0. The van der Waals surface area contributed by atoms with Gasteiger partial charge in [0, 0.05) is 6.42 Å². The van der Waals surface area contributed by atoms with Crippen molar-refractivity contribution in [3.05, 3.63) is 11.6 Å². The van der Waals surface area contributed by atoms with Crippen LogP contribution in [0.3, 0.4) is 0 Å². The Morgan fingerprint density at radius 3 is 2.67 bits per heavy atom. The van der Waals surface area contributed by atoms with Gasteiger partial charge in [-0.3, -0.25) is 4.79 Å². The van der Waals surface area contributed by atoms with Gasteiger partial charge in [-0.2, -0.15) is 0 Å². The van der Waals surface area contributed by atoms with Crippen LogP contribution in [0.2, 0.25) is 0 Å². The molecule has 116 valence electrons. The molecule has 3 saturated carbocycles. The quantitative estimate of drug-likeness (QED) is 0.734. The number of aliphatic hydroxyl groups is 1. The summed E-state index contributed by atoms with van der Waals surface area (Å²) in [4.78, 5) is 11.8. The zero-order chi connectivity index (χ0) is 14.8. The van der Waals surface area contributed by atoms with Gasteiger partial charge in [0.05, 0.1) is 6.10 Å². The van der Waals surface area contributed by atoms with E-state index in [-0.39, 0.29) is 16.9 Å². The van der Waals surface area contributed by atoms with Gasteiger partial charge >= 0.3 is 0 Å². The molecule has 0 bridgehead atoms. The molecule has 3 fully saturated rings. The summed E-state index contributed by atoms with van der Waals surface area (Å²) in [6.07, 6.45) is 10.7. The molecule has 0 saturated heterocycles. The molecular weight excluding hydrogens is 260 g/mol. The normalized spacial score (nSPS) is 52.7. The summed E-state index contributed by atoms with van der Waals surface area (Å²) in [5.41, 5.74) is 1.89. The molecule has 4 rings (SSSR count). The maximum absolute atomic E-state index is 11.8. The minimum absolute atomic E-state index is 0.0823. The van der Waals surface area contributed by atoms with E-state index in [9.17, 15) is 9.90 Å². The van der Waals surface area contributed by atoms with Crippen LogP contribution in [0.1, 0.15) is 65.2 Å². The predicted octanol–water partition coefficient (Wildman–Crippen LogP) is 3.88. The highest BCUT2D eigenvalue weighted by atomic mass is 16.3. The van der Waals surface area contributed by atoms with E-state index in [1.54, 1.807) is 0 Å². The number of carbonyl (C=O) groups excluding carboxylic acids is 1. The molecule has 0 aromatic heterocycles. The minimum atomic E-state index is -0.0823. The summed E-state index contributed by atoms with van der Waals surface area (Å²) in [5.74, 6) is 2.57. The predicted molar refractivity (Wildman–Crippen MR) is 82.7 cm³/mol. The van der Waals surface area contributed by atoms with Crippen LogP contribution in [0.4, 0.5) is 0 Å². The molecule has 2 heteroatoms. The second kappa shape index (κ2) is 4.44. The average Bonchev–Trinajstić information content (AvgIpc) is 2.76. The highest BCUT2D eigenvalue weighted by Crippen LogP contribution is 2.65. The summed E-state index contributed by atoms with van der Waals surface area (Å²) in [6, 6.07) is 0. The lowest BCUT2D eigenvalue weighted by Crippen LogP contribution is -2.51. The van der Waals surface area contributed by atoms with E-state index in [0.29, 0.717) is 11.7 Å². The van der Waals surface area contributed by atoms with Gasteiger partial charge in [-0.25, -0.2) is 0 Å². The number of ketones is 1. The maximum Gasteiger partial charge on any atom is 0.155 e. The van der Waals surface area contributed by atoms with E-state index in [1.165, 1.54) is 31.3 Å². The Kier molecular flexibility index (Phi) is 2.96. The van der Waals surface area contributed by atoms with Crippen LogP contribution in [0.5, 0.6) is 0 Å². The number of allylic oxidation sites excluding steroid dienone is 1. The van der Waals surface area contributed by atoms with Crippen LogP contribution in [0.25, 0.3) is 0 Å². The first-order valence-corrected chi connectivity index (χ1v) is 8.87. The van der Waals surface area contributed by atoms with Crippen LogP contribution < -0.4 is 0 Å². The maximum atomic E-state index is 11.8. The standard InChI is InChI=1S/C19H28O2/c1-18-9-7-13(20)11-12(18)3-4-14-15-5-6-17(21)19(15,2)10-8-16(14)18/h11,14-17,21H,3-10H2,1-2H3/t14?,15?,16?,17-,18-,19?/m0/s1. The lowest BCUT2D eigenvalue weighted by Gasteiger charge is -2.57. The van der Waals surface area contributed by atoms with Gasteiger partial charge in [-0.05, 0) is 79.6 Å². The van der Waals surface area contributed by atoms with Crippen molar-refractivity contribution in [2.45, 2.75) is 71.3 Å². The molecule has 0 aliphatic heterocycles. The SMILES string of the molecule is CC12CCC3C(CCC4=CC(=O)CC[C@@]43C)C1CC[C@@H]2O. The Hall–Kier alpha value is -0.630. The molecular formula is C19H28O2. The monoisotopic (exact) mass is 288 g/mol. The first-order chi connectivity index (χ1) is 9.95. The van der Waals surface area contributed by atoms with Crippen molar-refractivity contribution < 1.29 is 9.90 Å². The van der Waals surface area contributed by atoms with Crippen LogP contribution >= 0.6 is 0 Å². The van der Waals surface area contributed by atoms with Gasteiger partial charge in [0.15, 0.2) is 5.78 Å². The van der Waals surface area contributed by atoms with Crippen LogP contribution in [-0.2, 0) is 4.79 Å². The molecule has 0 heterocycles. The fraction of sp³-hybridized carbons (Fsp3) is 0.842. The highest BCUT2D eigenvalue weighted by molar-refractivity contribution is 5.91. The minimum Gasteiger partial charge on any atom is -0.393 e. The van der Waals surface area contributed by atoms with E-state index >= 15 is 0 Å². The zero-order valence-electron chi connectivity index (χ0n) is 13.4. The molecule has 0 aromatic carbocycles. The number of hydrogen-bond donors (Lipinski definition) is 1. The van der Waals surface area contributed by atoms with Crippen molar-refractivity contribution in [2.75, 3.05) is 0 Å². The molecule has 0 spiro atoms. The highest BCUT2D eigenvalue weighted by Gasteiger charge is 2.58. The number of hydrogen-bond acceptors (Lipinski definition) is 2. The Morgan fingerprint density at radius 2 is 1.86 bits per heavy atom. The van der Waals surface area contributed by atoms with Gasteiger partial charge in [0.1, 0.15) is 0 Å². The van der Waals surface area contributed by atoms with E-state index in [1.807, 2.05) is 6.08 Å². The van der Waals surface area contributed by atoms with Crippen molar-refractivity contribution in [2.24, 2.45) is 28.6 Å². The van der Waals surface area contributed by atoms with Gasteiger partial charge in [-0.15, -0.1) is 0 Å². The molecule has 6 atom stereocenters.